The third-order valence-electron chi connectivity index (χ3n) is 1.78. The van der Waals surface area contributed by atoms with Crippen molar-refractivity contribution in [1.29, 1.82) is 0 Å². The van der Waals surface area contributed by atoms with Crippen molar-refractivity contribution in [3.8, 4) is 0 Å². The van der Waals surface area contributed by atoms with E-state index in [1.807, 2.05) is 30.3 Å². The van der Waals surface area contributed by atoms with Gasteiger partial charge in [-0.05, 0) is 19.1 Å². The molecule has 0 amide bonds. The van der Waals surface area contributed by atoms with Crippen molar-refractivity contribution < 1.29 is 9.90 Å². The number of carboxylic acid groups (broad SMARTS) is 1. The Morgan fingerprint density at radius 1 is 1.44 bits per heavy atom. The second-order valence-electron chi connectivity index (χ2n) is 3.07. The molecule has 0 atom stereocenters. The third kappa shape index (κ3) is 4.84. The molecule has 1 rings (SSSR count). The number of aliphatic carboxylic acids is 1. The second kappa shape index (κ2) is 6.90. The van der Waals surface area contributed by atoms with Crippen molar-refractivity contribution in [3.63, 3.8) is 0 Å². The predicted molar refractivity (Wildman–Crippen MR) is 65.9 cm³/mol. The summed E-state index contributed by atoms with van der Waals surface area (Å²) in [7, 11) is 0. The maximum absolute atomic E-state index is 10.4. The smallest absolute Gasteiger partial charge is 0.351 e. The Morgan fingerprint density at radius 2 is 2.12 bits per heavy atom. The highest BCUT2D eigenvalue weighted by Crippen LogP contribution is 2.15. The Bertz CT molecular complexity index is 366. The molecule has 5 heteroatoms. The van der Waals surface area contributed by atoms with E-state index in [9.17, 15) is 4.79 Å². The van der Waals surface area contributed by atoms with Gasteiger partial charge >= 0.3 is 5.97 Å². The molecule has 0 aromatic heterocycles. The van der Waals surface area contributed by atoms with E-state index in [2.05, 4.69) is 10.5 Å². The Hall–Kier alpha value is -1.49. The molecule has 0 aliphatic rings. The lowest BCUT2D eigenvalue weighted by Gasteiger charge is -2.01. The standard InChI is InChI=1S/C11H14N2O2S/c1-9(11(14)15)13-12-7-8-16-10-5-3-2-4-6-10/h2-6,12H,7-8H2,1H3,(H,14,15)/b13-9+. The lowest BCUT2D eigenvalue weighted by atomic mass is 10.4. The SMILES string of the molecule is C/C(=N\NCCSc1ccccc1)C(=O)O. The number of nitrogens with zero attached hydrogens (tertiary/aromatic N) is 1. The zero-order chi connectivity index (χ0) is 11.8. The molecule has 16 heavy (non-hydrogen) atoms. The molecular formula is C11H14N2O2S. The summed E-state index contributed by atoms with van der Waals surface area (Å²) in [5.41, 5.74) is 2.80. The first-order valence-corrected chi connectivity index (χ1v) is 5.87. The van der Waals surface area contributed by atoms with Crippen LogP contribution in [-0.2, 0) is 4.79 Å². The summed E-state index contributed by atoms with van der Waals surface area (Å²) in [5.74, 6) is -0.149. The van der Waals surface area contributed by atoms with Gasteiger partial charge in [0.1, 0.15) is 5.71 Å². The summed E-state index contributed by atoms with van der Waals surface area (Å²) >= 11 is 1.70. The van der Waals surface area contributed by atoms with Crippen LogP contribution < -0.4 is 5.43 Å². The van der Waals surface area contributed by atoms with Gasteiger partial charge in [0.15, 0.2) is 0 Å². The average Bonchev–Trinajstić information content (AvgIpc) is 2.29. The highest BCUT2D eigenvalue weighted by molar-refractivity contribution is 7.99. The first kappa shape index (κ1) is 12.6. The number of carboxylic acids is 1. The molecule has 0 aliphatic carbocycles. The van der Waals surface area contributed by atoms with Gasteiger partial charge in [-0.2, -0.15) is 5.10 Å². The number of rotatable bonds is 6. The van der Waals surface area contributed by atoms with E-state index in [-0.39, 0.29) is 5.71 Å². The molecule has 0 spiro atoms. The van der Waals surface area contributed by atoms with Crippen LogP contribution in [0.5, 0.6) is 0 Å². The summed E-state index contributed by atoms with van der Waals surface area (Å²) in [5, 5.41) is 12.2. The van der Waals surface area contributed by atoms with Crippen LogP contribution in [-0.4, -0.2) is 29.1 Å². The molecule has 4 nitrogen and oxygen atoms in total. The molecule has 1 aromatic carbocycles. The molecule has 0 saturated heterocycles. The van der Waals surface area contributed by atoms with Gasteiger partial charge in [-0.1, -0.05) is 18.2 Å². The van der Waals surface area contributed by atoms with E-state index in [1.54, 1.807) is 11.8 Å². The minimum absolute atomic E-state index is 0.0738. The van der Waals surface area contributed by atoms with Gasteiger partial charge in [0.05, 0.1) is 0 Å². The van der Waals surface area contributed by atoms with Crippen LogP contribution in [0, 0.1) is 0 Å². The zero-order valence-corrected chi connectivity index (χ0v) is 9.83. The van der Waals surface area contributed by atoms with Gasteiger partial charge in [-0.25, -0.2) is 4.79 Å². The topological polar surface area (TPSA) is 61.7 Å². The van der Waals surface area contributed by atoms with Gasteiger partial charge in [0.2, 0.25) is 0 Å². The quantitative estimate of drug-likeness (QED) is 0.343. The van der Waals surface area contributed by atoms with Crippen LogP contribution in [0.2, 0.25) is 0 Å². The minimum Gasteiger partial charge on any atom is -0.477 e. The van der Waals surface area contributed by atoms with Gasteiger partial charge in [-0.3, -0.25) is 0 Å². The fourth-order valence-electron chi connectivity index (χ4n) is 0.954. The van der Waals surface area contributed by atoms with Gasteiger partial charge in [0.25, 0.3) is 0 Å². The lowest BCUT2D eigenvalue weighted by Crippen LogP contribution is -2.17. The minimum atomic E-state index is -0.997. The molecule has 0 saturated carbocycles. The largest absolute Gasteiger partial charge is 0.477 e. The Kier molecular flexibility index (Phi) is 5.42. The summed E-state index contributed by atoms with van der Waals surface area (Å²) in [4.78, 5) is 11.6. The van der Waals surface area contributed by atoms with Crippen molar-refractivity contribution in [1.82, 2.24) is 5.43 Å². The Labute approximate surface area is 98.8 Å². The number of thioether (sulfide) groups is 1. The van der Waals surface area contributed by atoms with Crippen LogP contribution in [0.25, 0.3) is 0 Å². The van der Waals surface area contributed by atoms with Crippen molar-refractivity contribution in [2.45, 2.75) is 11.8 Å². The van der Waals surface area contributed by atoms with E-state index in [0.29, 0.717) is 6.54 Å². The first-order chi connectivity index (χ1) is 7.70. The fraction of sp³-hybridized carbons (Fsp3) is 0.273. The van der Waals surface area contributed by atoms with Gasteiger partial charge < -0.3 is 10.5 Å². The fourth-order valence-corrected chi connectivity index (χ4v) is 1.73. The number of carbonyl (C=O) groups is 1. The lowest BCUT2D eigenvalue weighted by molar-refractivity contribution is -0.129. The van der Waals surface area contributed by atoms with Crippen LogP contribution in [0.1, 0.15) is 6.92 Å². The van der Waals surface area contributed by atoms with Crippen molar-refractivity contribution >= 4 is 23.4 Å². The molecule has 86 valence electrons. The molecular weight excluding hydrogens is 224 g/mol. The van der Waals surface area contributed by atoms with Gasteiger partial charge in [0, 0.05) is 17.2 Å². The number of nitrogens with one attached hydrogen (secondary N) is 1. The number of hydrogen-bond acceptors (Lipinski definition) is 4. The van der Waals surface area contributed by atoms with Crippen molar-refractivity contribution in [2.75, 3.05) is 12.3 Å². The zero-order valence-electron chi connectivity index (χ0n) is 9.01. The van der Waals surface area contributed by atoms with Crippen molar-refractivity contribution in [3.05, 3.63) is 30.3 Å². The molecule has 0 heterocycles. The molecule has 2 N–H and O–H groups in total. The highest BCUT2D eigenvalue weighted by atomic mass is 32.2. The molecule has 0 unspecified atom stereocenters. The summed E-state index contributed by atoms with van der Waals surface area (Å²) in [6.07, 6.45) is 0. The maximum Gasteiger partial charge on any atom is 0.351 e. The second-order valence-corrected chi connectivity index (χ2v) is 4.24. The molecule has 0 aliphatic heterocycles. The Balaban J connectivity index is 2.18. The molecule has 0 fully saturated rings. The third-order valence-corrected chi connectivity index (χ3v) is 2.80. The molecule has 0 radical (unpaired) electrons. The van der Waals surface area contributed by atoms with Crippen LogP contribution in [0.15, 0.2) is 40.3 Å². The maximum atomic E-state index is 10.4. The molecule has 1 aromatic rings. The monoisotopic (exact) mass is 238 g/mol. The van der Waals surface area contributed by atoms with E-state index in [4.69, 9.17) is 5.11 Å². The summed E-state index contributed by atoms with van der Waals surface area (Å²) in [6.45, 7) is 2.10. The van der Waals surface area contributed by atoms with Gasteiger partial charge in [-0.15, -0.1) is 11.8 Å². The number of benzene rings is 1. The average molecular weight is 238 g/mol. The van der Waals surface area contributed by atoms with E-state index >= 15 is 0 Å². The first-order valence-electron chi connectivity index (χ1n) is 4.88. The molecule has 0 bridgehead atoms. The van der Waals surface area contributed by atoms with E-state index < -0.39 is 5.97 Å². The highest BCUT2D eigenvalue weighted by Gasteiger charge is 1.99. The number of hydrogen-bond donors (Lipinski definition) is 2. The summed E-state index contributed by atoms with van der Waals surface area (Å²) in [6, 6.07) is 10.0. The Morgan fingerprint density at radius 3 is 2.75 bits per heavy atom. The number of hydrazone groups is 1. The van der Waals surface area contributed by atoms with E-state index in [1.165, 1.54) is 11.8 Å². The van der Waals surface area contributed by atoms with Crippen LogP contribution in [0.3, 0.4) is 0 Å². The van der Waals surface area contributed by atoms with Crippen molar-refractivity contribution in [2.24, 2.45) is 5.10 Å². The summed E-state index contributed by atoms with van der Waals surface area (Å²) < 4.78 is 0. The predicted octanol–water partition coefficient (Wildman–Crippen LogP) is 1.83. The van der Waals surface area contributed by atoms with E-state index in [0.717, 1.165) is 5.75 Å². The van der Waals surface area contributed by atoms with Crippen LogP contribution in [0.4, 0.5) is 0 Å². The van der Waals surface area contributed by atoms with Crippen LogP contribution >= 0.6 is 11.8 Å². The normalized spacial score (nSPS) is 11.2.